The highest BCUT2D eigenvalue weighted by molar-refractivity contribution is 5.71. The van der Waals surface area contributed by atoms with Gasteiger partial charge in [-0.15, -0.1) is 0 Å². The van der Waals surface area contributed by atoms with E-state index in [4.69, 9.17) is 9.47 Å². The predicted molar refractivity (Wildman–Crippen MR) is 84.9 cm³/mol. The van der Waals surface area contributed by atoms with Crippen molar-refractivity contribution in [3.05, 3.63) is 59.3 Å². The summed E-state index contributed by atoms with van der Waals surface area (Å²) in [5.74, 6) is 1.41. The Morgan fingerprint density at radius 1 is 1.17 bits per heavy atom. The summed E-state index contributed by atoms with van der Waals surface area (Å²) in [7, 11) is 0. The lowest BCUT2D eigenvalue weighted by Gasteiger charge is -2.31. The summed E-state index contributed by atoms with van der Waals surface area (Å²) in [6.45, 7) is 2.30. The predicted octanol–water partition coefficient (Wildman–Crippen LogP) is 2.19. The van der Waals surface area contributed by atoms with E-state index < -0.39 is 0 Å². The number of hydrogen-bond acceptors (Lipinski definition) is 5. The van der Waals surface area contributed by atoms with Gasteiger partial charge in [-0.05, 0) is 31.2 Å². The highest BCUT2D eigenvalue weighted by Gasteiger charge is 2.28. The first-order chi connectivity index (χ1) is 11.2. The van der Waals surface area contributed by atoms with Crippen molar-refractivity contribution in [3.63, 3.8) is 0 Å². The Morgan fingerprint density at radius 3 is 2.87 bits per heavy atom. The molecule has 0 bridgehead atoms. The first kappa shape index (κ1) is 13.8. The summed E-state index contributed by atoms with van der Waals surface area (Å²) in [6, 6.07) is 10.8. The second-order valence-electron chi connectivity index (χ2n) is 5.48. The van der Waals surface area contributed by atoms with Gasteiger partial charge in [0.15, 0.2) is 23.1 Å². The molecule has 3 heterocycles. The molecule has 0 saturated carbocycles. The lowest BCUT2D eigenvalue weighted by atomic mass is 10.1. The van der Waals surface area contributed by atoms with E-state index >= 15 is 0 Å². The molecule has 3 aromatic rings. The lowest BCUT2D eigenvalue weighted by molar-refractivity contribution is 0.0559. The van der Waals surface area contributed by atoms with Crippen molar-refractivity contribution in [2.45, 2.75) is 19.1 Å². The summed E-state index contributed by atoms with van der Waals surface area (Å²) in [5.41, 5.74) is 0.775. The van der Waals surface area contributed by atoms with Gasteiger partial charge in [0.05, 0.1) is 17.9 Å². The van der Waals surface area contributed by atoms with Crippen molar-refractivity contribution in [1.29, 1.82) is 0 Å². The highest BCUT2D eigenvalue weighted by atomic mass is 16.6. The van der Waals surface area contributed by atoms with Crippen molar-refractivity contribution in [2.75, 3.05) is 6.61 Å². The highest BCUT2D eigenvalue weighted by Crippen LogP contribution is 2.33. The zero-order valence-electron chi connectivity index (χ0n) is 12.5. The molecule has 2 atom stereocenters. The summed E-state index contributed by atoms with van der Waals surface area (Å²) in [5, 5.41) is 0. The van der Waals surface area contributed by atoms with Crippen LogP contribution < -0.4 is 15.0 Å². The van der Waals surface area contributed by atoms with Gasteiger partial charge in [0.2, 0.25) is 0 Å². The third-order valence-corrected chi connectivity index (χ3v) is 4.05. The minimum atomic E-state index is -0.273. The molecular formula is C17H15N3O3. The molecule has 0 radical (unpaired) electrons. The normalized spacial score (nSPS) is 17.9. The van der Waals surface area contributed by atoms with E-state index in [0.717, 1.165) is 5.75 Å². The summed E-state index contributed by atoms with van der Waals surface area (Å²) in [4.78, 5) is 21.1. The van der Waals surface area contributed by atoms with Crippen LogP contribution in [0.4, 0.5) is 0 Å². The van der Waals surface area contributed by atoms with E-state index in [1.165, 1.54) is 0 Å². The first-order valence-electron chi connectivity index (χ1n) is 7.44. The van der Waals surface area contributed by atoms with Crippen molar-refractivity contribution in [2.24, 2.45) is 0 Å². The van der Waals surface area contributed by atoms with Crippen LogP contribution in [0.15, 0.2) is 53.7 Å². The molecule has 0 spiro atoms. The van der Waals surface area contributed by atoms with Gasteiger partial charge >= 0.3 is 0 Å². The lowest BCUT2D eigenvalue weighted by Crippen LogP contribution is -2.40. The van der Waals surface area contributed by atoms with Gasteiger partial charge in [0.25, 0.3) is 5.56 Å². The molecule has 0 amide bonds. The van der Waals surface area contributed by atoms with Gasteiger partial charge < -0.3 is 9.47 Å². The smallest absolute Gasteiger partial charge is 0.280 e. The molecule has 6 heteroatoms. The maximum Gasteiger partial charge on any atom is 0.280 e. The molecule has 1 aliphatic heterocycles. The van der Waals surface area contributed by atoms with Gasteiger partial charge in [-0.3, -0.25) is 9.36 Å². The van der Waals surface area contributed by atoms with Crippen molar-refractivity contribution < 1.29 is 9.47 Å². The molecule has 1 aliphatic rings. The fourth-order valence-corrected chi connectivity index (χ4v) is 2.71. The van der Waals surface area contributed by atoms with Crippen LogP contribution in [0, 0.1) is 0 Å². The van der Waals surface area contributed by atoms with Crippen molar-refractivity contribution in [3.8, 4) is 11.5 Å². The van der Waals surface area contributed by atoms with Crippen LogP contribution in [0.25, 0.3) is 11.0 Å². The van der Waals surface area contributed by atoms with Gasteiger partial charge in [-0.25, -0.2) is 9.97 Å². The maximum absolute atomic E-state index is 12.6. The van der Waals surface area contributed by atoms with Crippen LogP contribution in [0.5, 0.6) is 11.5 Å². The Morgan fingerprint density at radius 2 is 2.00 bits per heavy atom. The number of pyridine rings is 1. The number of para-hydroxylation sites is 2. The van der Waals surface area contributed by atoms with Gasteiger partial charge in [-0.1, -0.05) is 12.1 Å². The zero-order valence-corrected chi connectivity index (χ0v) is 12.5. The summed E-state index contributed by atoms with van der Waals surface area (Å²) < 4.78 is 13.3. The van der Waals surface area contributed by atoms with E-state index in [0.29, 0.717) is 23.4 Å². The fourth-order valence-electron chi connectivity index (χ4n) is 2.71. The Kier molecular flexibility index (Phi) is 3.22. The quantitative estimate of drug-likeness (QED) is 0.726. The molecule has 4 rings (SSSR count). The standard InChI is InChI=1S/C17H15N3O3/c1-11(15-9-22-13-6-2-3-7-14(13)23-15)20-10-19-12-5-4-8-18-16(12)17(20)21/h2-8,10-11,15H,9H2,1H3/t11-,15-/m1/s1. The molecule has 6 nitrogen and oxygen atoms in total. The molecule has 0 fully saturated rings. The molecule has 23 heavy (non-hydrogen) atoms. The van der Waals surface area contributed by atoms with Crippen LogP contribution in [0.1, 0.15) is 13.0 Å². The average Bonchev–Trinajstić information content (AvgIpc) is 2.61. The van der Waals surface area contributed by atoms with E-state index in [9.17, 15) is 4.79 Å². The molecule has 2 aromatic heterocycles. The van der Waals surface area contributed by atoms with Gasteiger partial charge in [0, 0.05) is 6.20 Å². The number of rotatable bonds is 2. The van der Waals surface area contributed by atoms with Crippen LogP contribution in [-0.4, -0.2) is 27.2 Å². The third-order valence-electron chi connectivity index (χ3n) is 4.05. The monoisotopic (exact) mass is 309 g/mol. The molecule has 0 N–H and O–H groups in total. The number of ether oxygens (including phenoxy) is 2. The minimum Gasteiger partial charge on any atom is -0.486 e. The number of aromatic nitrogens is 3. The van der Waals surface area contributed by atoms with Crippen LogP contribution in [0.3, 0.4) is 0 Å². The SMILES string of the molecule is C[C@H]([C@H]1COc2ccccc2O1)n1cnc2cccnc2c1=O. The number of hydrogen-bond donors (Lipinski definition) is 0. The largest absolute Gasteiger partial charge is 0.486 e. The molecule has 0 saturated heterocycles. The Hall–Kier alpha value is -2.89. The zero-order chi connectivity index (χ0) is 15.8. The molecule has 0 aliphatic carbocycles. The van der Waals surface area contributed by atoms with E-state index in [-0.39, 0.29) is 17.7 Å². The average molecular weight is 309 g/mol. The van der Waals surface area contributed by atoms with E-state index in [2.05, 4.69) is 9.97 Å². The molecule has 0 unspecified atom stereocenters. The molecule has 116 valence electrons. The Labute approximate surface area is 132 Å². The molecular weight excluding hydrogens is 294 g/mol. The van der Waals surface area contributed by atoms with E-state index in [1.54, 1.807) is 29.2 Å². The third kappa shape index (κ3) is 2.32. The van der Waals surface area contributed by atoms with Gasteiger partial charge in [0.1, 0.15) is 6.61 Å². The second-order valence-corrected chi connectivity index (χ2v) is 5.48. The van der Waals surface area contributed by atoms with Crippen LogP contribution in [-0.2, 0) is 0 Å². The minimum absolute atomic E-state index is 0.175. The Balaban J connectivity index is 1.69. The Bertz CT molecular complexity index is 922. The summed E-state index contributed by atoms with van der Waals surface area (Å²) in [6.07, 6.45) is 2.86. The number of fused-ring (bicyclic) bond motifs is 2. The molecule has 1 aromatic carbocycles. The van der Waals surface area contributed by atoms with E-state index in [1.807, 2.05) is 31.2 Å². The van der Waals surface area contributed by atoms with Crippen molar-refractivity contribution in [1.82, 2.24) is 14.5 Å². The number of benzene rings is 1. The fraction of sp³-hybridized carbons (Fsp3) is 0.235. The van der Waals surface area contributed by atoms with Crippen molar-refractivity contribution >= 4 is 11.0 Å². The first-order valence-corrected chi connectivity index (χ1v) is 7.44. The second kappa shape index (κ2) is 5.39. The number of nitrogens with zero attached hydrogens (tertiary/aromatic N) is 3. The topological polar surface area (TPSA) is 66.2 Å². The summed E-state index contributed by atoms with van der Waals surface area (Å²) >= 11 is 0. The van der Waals surface area contributed by atoms with Gasteiger partial charge in [-0.2, -0.15) is 0 Å². The van der Waals surface area contributed by atoms with Crippen LogP contribution in [0.2, 0.25) is 0 Å². The maximum atomic E-state index is 12.6. The van der Waals surface area contributed by atoms with Crippen LogP contribution >= 0.6 is 0 Å².